The predicted molar refractivity (Wildman–Crippen MR) is 127 cm³/mol. The summed E-state index contributed by atoms with van der Waals surface area (Å²) in [5.74, 6) is 1.19. The van der Waals surface area contributed by atoms with Crippen molar-refractivity contribution in [1.29, 1.82) is 0 Å². The number of ether oxygens (including phenoxy) is 2. The maximum absolute atomic E-state index is 13.4. The Morgan fingerprint density at radius 1 is 1.11 bits per heavy atom. The molecule has 0 unspecified atom stereocenters. The van der Waals surface area contributed by atoms with Gasteiger partial charge in [-0.2, -0.15) is 28.2 Å². The van der Waals surface area contributed by atoms with Crippen LogP contribution in [0.3, 0.4) is 0 Å². The van der Waals surface area contributed by atoms with E-state index in [1.807, 2.05) is 0 Å². The van der Waals surface area contributed by atoms with Crippen LogP contribution in [-0.2, 0) is 15.7 Å². The van der Waals surface area contributed by atoms with Gasteiger partial charge < -0.3 is 19.7 Å². The van der Waals surface area contributed by atoms with E-state index in [1.165, 1.54) is 10.7 Å². The van der Waals surface area contributed by atoms with Gasteiger partial charge in [0.1, 0.15) is 5.82 Å². The SMILES string of the molecule is CO[C@H]1C[C@@H](Nc2nc(N3CC(N4CCOCC4)C3)c3cnn(-c4cccc(C(F)(F)F)c4)c3n2)C1. The molecule has 0 radical (unpaired) electrons. The Bertz CT molecular complexity index is 1230. The maximum Gasteiger partial charge on any atom is 0.416 e. The summed E-state index contributed by atoms with van der Waals surface area (Å²) in [4.78, 5) is 14.1. The number of nitrogens with zero attached hydrogens (tertiary/aromatic N) is 6. The standard InChI is InChI=1S/C24H28F3N7O2/c1-35-19-10-16(11-19)29-23-30-21(33-13-18(14-33)32-5-7-36-8-6-32)20-12-28-34(22(20)31-23)17-4-2-3-15(9-17)24(25,26)27/h2-4,9,12,16,18-19H,5-8,10-11,13-14H2,1H3,(H,29,30,31)/t16-,19+. The van der Waals surface area contributed by atoms with E-state index < -0.39 is 11.7 Å². The predicted octanol–water partition coefficient (Wildman–Crippen LogP) is 2.94. The number of nitrogens with one attached hydrogen (secondary N) is 1. The van der Waals surface area contributed by atoms with Crippen molar-refractivity contribution >= 4 is 22.8 Å². The van der Waals surface area contributed by atoms with Gasteiger partial charge in [0.2, 0.25) is 5.95 Å². The number of rotatable bonds is 6. The Morgan fingerprint density at radius 3 is 2.61 bits per heavy atom. The fourth-order valence-corrected chi connectivity index (χ4v) is 5.06. The van der Waals surface area contributed by atoms with E-state index in [4.69, 9.17) is 14.5 Å². The molecule has 2 aromatic heterocycles. The molecule has 0 amide bonds. The largest absolute Gasteiger partial charge is 0.416 e. The van der Waals surface area contributed by atoms with E-state index in [9.17, 15) is 13.2 Å². The van der Waals surface area contributed by atoms with E-state index in [0.717, 1.165) is 70.2 Å². The van der Waals surface area contributed by atoms with Crippen molar-refractivity contribution in [2.45, 2.75) is 37.2 Å². The molecule has 0 bridgehead atoms. The molecule has 3 aromatic rings. The number of alkyl halides is 3. The van der Waals surface area contributed by atoms with Crippen molar-refractivity contribution in [2.75, 3.05) is 56.7 Å². The van der Waals surface area contributed by atoms with Crippen molar-refractivity contribution in [3.05, 3.63) is 36.0 Å². The maximum atomic E-state index is 13.4. The summed E-state index contributed by atoms with van der Waals surface area (Å²) in [5.41, 5.74) is 0.0417. The van der Waals surface area contributed by atoms with Crippen LogP contribution < -0.4 is 10.2 Å². The first-order valence-corrected chi connectivity index (χ1v) is 12.2. The highest BCUT2D eigenvalue weighted by Gasteiger charge is 2.36. The number of fused-ring (bicyclic) bond motifs is 1. The van der Waals surface area contributed by atoms with Gasteiger partial charge in [-0.15, -0.1) is 0 Å². The minimum absolute atomic E-state index is 0.183. The molecular formula is C24H28F3N7O2. The van der Waals surface area contributed by atoms with Gasteiger partial charge in [0, 0.05) is 45.4 Å². The molecule has 2 saturated heterocycles. The smallest absolute Gasteiger partial charge is 0.381 e. The average Bonchev–Trinajstić information content (AvgIpc) is 3.24. The van der Waals surface area contributed by atoms with Crippen LogP contribution in [0.4, 0.5) is 24.9 Å². The topological polar surface area (TPSA) is 80.6 Å². The molecule has 9 nitrogen and oxygen atoms in total. The molecule has 3 fully saturated rings. The highest BCUT2D eigenvalue weighted by Crippen LogP contribution is 2.34. The summed E-state index contributed by atoms with van der Waals surface area (Å²) in [5, 5.41) is 8.51. The molecule has 12 heteroatoms. The quantitative estimate of drug-likeness (QED) is 0.550. The van der Waals surface area contributed by atoms with Gasteiger partial charge in [-0.05, 0) is 31.0 Å². The van der Waals surface area contributed by atoms with E-state index in [0.29, 0.717) is 28.7 Å². The molecule has 3 aliphatic rings. The van der Waals surface area contributed by atoms with Gasteiger partial charge in [-0.1, -0.05) is 6.07 Å². The molecule has 6 rings (SSSR count). The van der Waals surface area contributed by atoms with Crippen LogP contribution in [0.1, 0.15) is 18.4 Å². The van der Waals surface area contributed by atoms with Crippen LogP contribution in [0.5, 0.6) is 0 Å². The normalized spacial score (nSPS) is 23.5. The van der Waals surface area contributed by atoms with Gasteiger partial charge in [0.05, 0.1) is 42.2 Å². The molecule has 2 aliphatic heterocycles. The third-order valence-corrected chi connectivity index (χ3v) is 7.31. The molecular weight excluding hydrogens is 475 g/mol. The van der Waals surface area contributed by atoms with Gasteiger partial charge in [-0.25, -0.2) is 4.68 Å². The molecule has 36 heavy (non-hydrogen) atoms. The number of anilines is 2. The summed E-state index contributed by atoms with van der Waals surface area (Å²) in [7, 11) is 1.70. The second kappa shape index (κ2) is 9.16. The van der Waals surface area contributed by atoms with Crippen LogP contribution >= 0.6 is 0 Å². The van der Waals surface area contributed by atoms with Crippen LogP contribution in [0, 0.1) is 0 Å². The molecule has 1 N–H and O–H groups in total. The van der Waals surface area contributed by atoms with E-state index >= 15 is 0 Å². The lowest BCUT2D eigenvalue weighted by Crippen LogP contribution is -2.61. The minimum atomic E-state index is -4.44. The molecule has 1 saturated carbocycles. The average molecular weight is 504 g/mol. The van der Waals surface area contributed by atoms with E-state index in [2.05, 4.69) is 25.2 Å². The van der Waals surface area contributed by atoms with E-state index in [-0.39, 0.29) is 12.1 Å². The van der Waals surface area contributed by atoms with Crippen molar-refractivity contribution in [1.82, 2.24) is 24.6 Å². The zero-order valence-electron chi connectivity index (χ0n) is 19.9. The Balaban J connectivity index is 1.33. The minimum Gasteiger partial charge on any atom is -0.381 e. The Labute approximate surface area is 206 Å². The summed E-state index contributed by atoms with van der Waals surface area (Å²) >= 11 is 0. The number of methoxy groups -OCH3 is 1. The number of benzene rings is 1. The highest BCUT2D eigenvalue weighted by molar-refractivity contribution is 5.89. The number of morpholine rings is 1. The molecule has 1 aromatic carbocycles. The summed E-state index contributed by atoms with van der Waals surface area (Å²) in [6, 6.07) is 5.73. The Morgan fingerprint density at radius 2 is 1.89 bits per heavy atom. The highest BCUT2D eigenvalue weighted by atomic mass is 19.4. The van der Waals surface area contributed by atoms with Crippen LogP contribution in [0.25, 0.3) is 16.7 Å². The Kier molecular flexibility index (Phi) is 5.97. The molecule has 0 atom stereocenters. The van der Waals surface area contributed by atoms with Gasteiger partial charge in [0.25, 0.3) is 0 Å². The van der Waals surface area contributed by atoms with Crippen molar-refractivity contribution in [3.63, 3.8) is 0 Å². The first kappa shape index (κ1) is 23.4. The third-order valence-electron chi connectivity index (χ3n) is 7.31. The number of aromatic nitrogens is 4. The number of hydrogen-bond acceptors (Lipinski definition) is 8. The molecule has 1 aliphatic carbocycles. The van der Waals surface area contributed by atoms with Crippen LogP contribution in [-0.4, -0.2) is 89.3 Å². The van der Waals surface area contributed by atoms with Crippen molar-refractivity contribution in [2.24, 2.45) is 0 Å². The molecule has 192 valence electrons. The fourth-order valence-electron chi connectivity index (χ4n) is 5.06. The second-order valence-electron chi connectivity index (χ2n) is 9.59. The van der Waals surface area contributed by atoms with Crippen molar-refractivity contribution in [3.8, 4) is 5.69 Å². The lowest BCUT2D eigenvalue weighted by Gasteiger charge is -2.47. The summed E-state index contributed by atoms with van der Waals surface area (Å²) < 4.78 is 52.4. The molecule has 0 spiro atoms. The van der Waals surface area contributed by atoms with Gasteiger partial charge in [-0.3, -0.25) is 4.90 Å². The lowest BCUT2D eigenvalue weighted by molar-refractivity contribution is -0.137. The third kappa shape index (κ3) is 4.37. The summed E-state index contributed by atoms with van der Waals surface area (Å²) in [6.45, 7) is 4.96. The van der Waals surface area contributed by atoms with Crippen LogP contribution in [0.15, 0.2) is 30.5 Å². The first-order chi connectivity index (χ1) is 17.4. The monoisotopic (exact) mass is 503 g/mol. The second-order valence-corrected chi connectivity index (χ2v) is 9.59. The fraction of sp³-hybridized carbons (Fsp3) is 0.542. The lowest BCUT2D eigenvalue weighted by atomic mass is 9.89. The van der Waals surface area contributed by atoms with Crippen molar-refractivity contribution < 1.29 is 22.6 Å². The zero-order valence-corrected chi connectivity index (χ0v) is 19.9. The van der Waals surface area contributed by atoms with Gasteiger partial charge in [0.15, 0.2) is 5.65 Å². The Hall–Kier alpha value is -2.96. The number of hydrogen-bond donors (Lipinski definition) is 1. The summed E-state index contributed by atoms with van der Waals surface area (Å²) in [6.07, 6.45) is -0.890. The molecule has 4 heterocycles. The van der Waals surface area contributed by atoms with Crippen LogP contribution in [0.2, 0.25) is 0 Å². The van der Waals surface area contributed by atoms with Gasteiger partial charge >= 0.3 is 6.18 Å². The number of halogens is 3. The van der Waals surface area contributed by atoms with E-state index in [1.54, 1.807) is 19.4 Å². The first-order valence-electron chi connectivity index (χ1n) is 12.2. The zero-order chi connectivity index (χ0) is 24.9.